The van der Waals surface area contributed by atoms with E-state index in [2.05, 4.69) is 25.6 Å². The van der Waals surface area contributed by atoms with E-state index in [1.54, 1.807) is 26.0 Å². The summed E-state index contributed by atoms with van der Waals surface area (Å²) in [5, 5.41) is 10.9. The van der Waals surface area contributed by atoms with Crippen molar-refractivity contribution < 1.29 is 13.4 Å². The third-order valence-corrected chi connectivity index (χ3v) is 3.50. The van der Waals surface area contributed by atoms with Crippen molar-refractivity contribution in [3.05, 3.63) is 47.7 Å². The van der Waals surface area contributed by atoms with Crippen LogP contribution in [0.3, 0.4) is 0 Å². The Hall–Kier alpha value is -2.65. The van der Waals surface area contributed by atoms with E-state index in [0.29, 0.717) is 35.5 Å². The summed E-state index contributed by atoms with van der Waals surface area (Å²) in [5.41, 5.74) is 5.80. The van der Waals surface area contributed by atoms with Gasteiger partial charge in [0.1, 0.15) is 5.82 Å². The lowest BCUT2D eigenvalue weighted by molar-refractivity contribution is 0.317. The molecule has 2 heterocycles. The molecule has 0 aliphatic carbocycles. The lowest BCUT2D eigenvalue weighted by atomic mass is 10.1. The summed E-state index contributed by atoms with van der Waals surface area (Å²) < 4.78 is 23.7. The van der Waals surface area contributed by atoms with Crippen molar-refractivity contribution in [2.75, 3.05) is 0 Å². The summed E-state index contributed by atoms with van der Waals surface area (Å²) in [6.07, 6.45) is 0. The highest BCUT2D eigenvalue weighted by molar-refractivity contribution is 5.53. The minimum atomic E-state index is -0.667. The quantitative estimate of drug-likeness (QED) is 0.698. The Morgan fingerprint density at radius 3 is 2.72 bits per heavy atom. The molecule has 0 spiro atoms. The van der Waals surface area contributed by atoms with Crippen molar-refractivity contribution in [1.82, 2.24) is 25.6 Å². The number of nitrogens with one attached hydrogen (secondary N) is 1. The van der Waals surface area contributed by atoms with Gasteiger partial charge in [-0.15, -0.1) is 0 Å². The average molecular weight is 346 g/mol. The van der Waals surface area contributed by atoms with E-state index in [1.807, 2.05) is 6.92 Å². The molecule has 2 aromatic heterocycles. The number of nitrogens with two attached hydrogens (primary N) is 1. The predicted octanol–water partition coefficient (Wildman–Crippen LogP) is 2.30. The molecule has 1 atom stereocenters. The Morgan fingerprint density at radius 1 is 1.24 bits per heavy atom. The number of hydrogen-bond acceptors (Lipinski definition) is 8. The maximum absolute atomic E-state index is 13.3. The van der Waals surface area contributed by atoms with Gasteiger partial charge in [0.15, 0.2) is 5.82 Å². The van der Waals surface area contributed by atoms with E-state index in [0.717, 1.165) is 0 Å². The first-order valence-electron chi connectivity index (χ1n) is 7.78. The van der Waals surface area contributed by atoms with E-state index in [4.69, 9.17) is 14.8 Å². The number of hydrogen-bond donors (Lipinski definition) is 2. The van der Waals surface area contributed by atoms with Crippen LogP contribution in [0.5, 0.6) is 0 Å². The lowest BCUT2D eigenvalue weighted by Gasteiger charge is -2.11. The first kappa shape index (κ1) is 17.2. The third-order valence-electron chi connectivity index (χ3n) is 3.50. The van der Waals surface area contributed by atoms with Gasteiger partial charge in [-0.05, 0) is 32.9 Å². The summed E-state index contributed by atoms with van der Waals surface area (Å²) >= 11 is 0. The molecule has 9 heteroatoms. The minimum absolute atomic E-state index is 0.254. The second kappa shape index (κ2) is 6.69. The van der Waals surface area contributed by atoms with Gasteiger partial charge in [-0.25, -0.2) is 4.39 Å². The monoisotopic (exact) mass is 346 g/mol. The standard InChI is InChI=1S/C16H19FN6O2/c1-9(19-8-12-20-15(23-24-12)16(2,3)18)14-21-13(22-25-14)10-5-4-6-11(17)7-10/h4-7,9,19H,8,18H2,1-3H3. The van der Waals surface area contributed by atoms with Gasteiger partial charge >= 0.3 is 0 Å². The summed E-state index contributed by atoms with van der Waals surface area (Å²) in [6, 6.07) is 5.76. The van der Waals surface area contributed by atoms with E-state index in [9.17, 15) is 4.39 Å². The second-order valence-electron chi connectivity index (χ2n) is 6.30. The van der Waals surface area contributed by atoms with Gasteiger partial charge in [-0.3, -0.25) is 5.32 Å². The van der Waals surface area contributed by atoms with Crippen LogP contribution in [0.4, 0.5) is 4.39 Å². The molecular weight excluding hydrogens is 327 g/mol. The van der Waals surface area contributed by atoms with E-state index >= 15 is 0 Å². The molecule has 8 nitrogen and oxygen atoms in total. The Balaban J connectivity index is 1.64. The topological polar surface area (TPSA) is 116 Å². The smallest absolute Gasteiger partial charge is 0.243 e. The largest absolute Gasteiger partial charge is 0.338 e. The van der Waals surface area contributed by atoms with Crippen molar-refractivity contribution in [3.63, 3.8) is 0 Å². The summed E-state index contributed by atoms with van der Waals surface area (Å²) in [7, 11) is 0. The molecule has 0 aliphatic heterocycles. The summed E-state index contributed by atoms with van der Waals surface area (Å²) in [5.74, 6) is 1.18. The van der Waals surface area contributed by atoms with E-state index in [-0.39, 0.29) is 11.9 Å². The van der Waals surface area contributed by atoms with Gasteiger partial charge in [-0.2, -0.15) is 9.97 Å². The van der Waals surface area contributed by atoms with Crippen LogP contribution in [0.2, 0.25) is 0 Å². The molecule has 1 aromatic carbocycles. The number of benzene rings is 1. The molecule has 0 aliphatic rings. The van der Waals surface area contributed by atoms with Crippen LogP contribution in [0.1, 0.15) is 44.4 Å². The van der Waals surface area contributed by atoms with Crippen molar-refractivity contribution >= 4 is 0 Å². The Kier molecular flexibility index (Phi) is 4.60. The number of nitrogens with zero attached hydrogens (tertiary/aromatic N) is 4. The highest BCUT2D eigenvalue weighted by Gasteiger charge is 2.22. The molecule has 3 aromatic rings. The molecule has 0 bridgehead atoms. The SMILES string of the molecule is CC(NCc1nc(C(C)(C)N)no1)c1nc(-c2cccc(F)c2)no1. The molecule has 0 radical (unpaired) electrons. The Bertz CT molecular complexity index is 854. The van der Waals surface area contributed by atoms with Gasteiger partial charge in [0.25, 0.3) is 0 Å². The van der Waals surface area contributed by atoms with Gasteiger partial charge in [0.2, 0.25) is 17.6 Å². The van der Waals surface area contributed by atoms with Crippen LogP contribution in [0.15, 0.2) is 33.3 Å². The highest BCUT2D eigenvalue weighted by Crippen LogP contribution is 2.20. The normalized spacial score (nSPS) is 13.2. The van der Waals surface area contributed by atoms with E-state index < -0.39 is 5.54 Å². The number of rotatable bonds is 6. The predicted molar refractivity (Wildman–Crippen MR) is 86.5 cm³/mol. The van der Waals surface area contributed by atoms with Crippen LogP contribution >= 0.6 is 0 Å². The molecule has 0 fully saturated rings. The molecule has 1 unspecified atom stereocenters. The summed E-state index contributed by atoms with van der Waals surface area (Å²) in [4.78, 5) is 8.52. The number of aromatic nitrogens is 4. The fourth-order valence-corrected chi connectivity index (χ4v) is 2.07. The lowest BCUT2D eigenvalue weighted by Crippen LogP contribution is -2.30. The average Bonchev–Trinajstić information content (AvgIpc) is 3.21. The van der Waals surface area contributed by atoms with Crippen molar-refractivity contribution in [2.24, 2.45) is 5.73 Å². The number of halogens is 1. The van der Waals surface area contributed by atoms with Gasteiger partial charge in [0.05, 0.1) is 18.1 Å². The van der Waals surface area contributed by atoms with Crippen LogP contribution in [0.25, 0.3) is 11.4 Å². The molecule has 0 saturated carbocycles. The van der Waals surface area contributed by atoms with Crippen LogP contribution < -0.4 is 11.1 Å². The Morgan fingerprint density at radius 2 is 2.04 bits per heavy atom. The van der Waals surface area contributed by atoms with Crippen LogP contribution in [-0.4, -0.2) is 20.3 Å². The molecule has 25 heavy (non-hydrogen) atoms. The maximum Gasteiger partial charge on any atom is 0.243 e. The fraction of sp³-hybridized carbons (Fsp3) is 0.375. The van der Waals surface area contributed by atoms with Gasteiger partial charge in [0, 0.05) is 5.56 Å². The molecule has 0 saturated heterocycles. The van der Waals surface area contributed by atoms with E-state index in [1.165, 1.54) is 12.1 Å². The molecule has 132 valence electrons. The van der Waals surface area contributed by atoms with Crippen LogP contribution in [-0.2, 0) is 12.1 Å². The van der Waals surface area contributed by atoms with Crippen LogP contribution in [0, 0.1) is 5.82 Å². The zero-order valence-corrected chi connectivity index (χ0v) is 14.2. The molecule has 0 amide bonds. The Labute approximate surface area is 143 Å². The maximum atomic E-state index is 13.3. The fourth-order valence-electron chi connectivity index (χ4n) is 2.07. The van der Waals surface area contributed by atoms with Gasteiger partial charge < -0.3 is 14.8 Å². The third kappa shape index (κ3) is 4.06. The highest BCUT2D eigenvalue weighted by atomic mass is 19.1. The second-order valence-corrected chi connectivity index (χ2v) is 6.30. The summed E-state index contributed by atoms with van der Waals surface area (Å²) in [6.45, 7) is 5.77. The first-order chi connectivity index (χ1) is 11.8. The minimum Gasteiger partial charge on any atom is -0.338 e. The molecule has 3 rings (SSSR count). The molecular formula is C16H19FN6O2. The molecule has 3 N–H and O–H groups in total. The van der Waals surface area contributed by atoms with Crippen molar-refractivity contribution in [3.8, 4) is 11.4 Å². The zero-order valence-electron chi connectivity index (χ0n) is 14.2. The van der Waals surface area contributed by atoms with Gasteiger partial charge in [-0.1, -0.05) is 22.4 Å². The van der Waals surface area contributed by atoms with Crippen molar-refractivity contribution in [2.45, 2.75) is 38.9 Å². The zero-order chi connectivity index (χ0) is 18.0. The van der Waals surface area contributed by atoms with Crippen molar-refractivity contribution in [1.29, 1.82) is 0 Å². The first-order valence-corrected chi connectivity index (χ1v) is 7.78.